The van der Waals surface area contributed by atoms with Crippen LogP contribution in [0.15, 0.2) is 72.1 Å². The molecule has 0 aliphatic rings. The fourth-order valence-electron chi connectivity index (χ4n) is 3.24. The number of hydrogen-bond acceptors (Lipinski definition) is 2. The molecule has 5 heteroatoms. The van der Waals surface area contributed by atoms with E-state index in [9.17, 15) is 8.42 Å². The molecule has 2 aromatic rings. The van der Waals surface area contributed by atoms with Crippen LogP contribution in [0.5, 0.6) is 0 Å². The van der Waals surface area contributed by atoms with E-state index >= 15 is 0 Å². The van der Waals surface area contributed by atoms with Gasteiger partial charge in [0.2, 0.25) is 0 Å². The summed E-state index contributed by atoms with van der Waals surface area (Å²) >= 11 is 0.235. The molecule has 0 aliphatic heterocycles. The first-order chi connectivity index (χ1) is 14.0. The van der Waals surface area contributed by atoms with E-state index in [0.717, 1.165) is 30.1 Å². The summed E-state index contributed by atoms with van der Waals surface area (Å²) in [5.41, 5.74) is 1.06. The summed E-state index contributed by atoms with van der Waals surface area (Å²) in [6, 6.07) is 17.6. The second-order valence-corrected chi connectivity index (χ2v) is 11.5. The van der Waals surface area contributed by atoms with E-state index in [1.807, 2.05) is 25.1 Å². The molecule has 0 bridgehead atoms. The number of aryl methyl sites for hydroxylation is 1. The maximum absolute atomic E-state index is 13.5. The number of hydrogen-bond donors (Lipinski definition) is 0. The van der Waals surface area contributed by atoms with Gasteiger partial charge in [-0.3, -0.25) is 0 Å². The molecule has 0 N–H and O–H groups in total. The van der Waals surface area contributed by atoms with Gasteiger partial charge < -0.3 is 0 Å². The first-order valence-corrected chi connectivity index (χ1v) is 13.9. The van der Waals surface area contributed by atoms with Crippen molar-refractivity contribution in [1.29, 1.82) is 0 Å². The Balaban J connectivity index is 2.25. The second kappa shape index (κ2) is 12.3. The molecular weight excluding hydrogens is 445 g/mol. The van der Waals surface area contributed by atoms with Crippen LogP contribution in [0.4, 0.5) is 0 Å². The van der Waals surface area contributed by atoms with Crippen molar-refractivity contribution in [2.24, 2.45) is 0 Å². The van der Waals surface area contributed by atoms with E-state index in [0.29, 0.717) is 11.4 Å². The van der Waals surface area contributed by atoms with Gasteiger partial charge in [-0.05, 0) is 0 Å². The quantitative estimate of drug-likeness (QED) is 0.232. The van der Waals surface area contributed by atoms with Gasteiger partial charge in [0, 0.05) is 0 Å². The Morgan fingerprint density at radius 3 is 2.34 bits per heavy atom. The van der Waals surface area contributed by atoms with Crippen LogP contribution >= 0.6 is 0 Å². The summed E-state index contributed by atoms with van der Waals surface area (Å²) < 4.78 is 29.9. The van der Waals surface area contributed by atoms with E-state index in [2.05, 4.69) is 37.8 Å². The minimum atomic E-state index is -3.55. The summed E-state index contributed by atoms with van der Waals surface area (Å²) in [7, 11) is -3.55. The van der Waals surface area contributed by atoms with Crippen molar-refractivity contribution < 1.29 is 8.42 Å². The molecule has 2 aromatic carbocycles. The summed E-state index contributed by atoms with van der Waals surface area (Å²) in [5, 5.41) is 0.877. The van der Waals surface area contributed by atoms with Crippen LogP contribution in [0.25, 0.3) is 0 Å². The predicted octanol–water partition coefficient (Wildman–Crippen LogP) is 4.96. The zero-order valence-corrected chi connectivity index (χ0v) is 20.1. The van der Waals surface area contributed by atoms with Crippen LogP contribution in [-0.2, 0) is 10.0 Å². The van der Waals surface area contributed by atoms with Crippen molar-refractivity contribution in [3.63, 3.8) is 0 Å². The molecule has 3 nitrogen and oxygen atoms in total. The van der Waals surface area contributed by atoms with Crippen LogP contribution in [0.2, 0.25) is 5.32 Å². The van der Waals surface area contributed by atoms with Gasteiger partial charge in [-0.2, -0.15) is 0 Å². The monoisotopic (exact) mass is 479 g/mol. The molecule has 0 heterocycles. The molecule has 0 spiro atoms. The van der Waals surface area contributed by atoms with Crippen molar-refractivity contribution in [3.05, 3.63) is 72.8 Å². The average Bonchev–Trinajstić information content (AvgIpc) is 2.73. The molecule has 0 amide bonds. The number of unbranched alkanes of at least 4 members (excludes halogenated alkanes) is 3. The standard InChI is InChI=1S/C24H33NO2SSe/c1-4-6-7-9-12-22(20-29-24-13-10-8-11-14-24)25(19-5-2)28(26,27)23-17-15-21(3)16-18-23/h5,8,10-11,13-18,22H,2,4,6-7,9,12,19-20H2,1,3H3. The third-order valence-electron chi connectivity index (χ3n) is 4.92. The van der Waals surface area contributed by atoms with Crippen LogP contribution in [0.1, 0.15) is 44.6 Å². The van der Waals surface area contributed by atoms with E-state index < -0.39 is 10.0 Å². The van der Waals surface area contributed by atoms with Crippen molar-refractivity contribution in [1.82, 2.24) is 4.31 Å². The fourth-order valence-corrected chi connectivity index (χ4v) is 7.35. The van der Waals surface area contributed by atoms with Gasteiger partial charge in [-0.25, -0.2) is 0 Å². The van der Waals surface area contributed by atoms with Crippen molar-refractivity contribution >= 4 is 29.4 Å². The van der Waals surface area contributed by atoms with Crippen molar-refractivity contribution in [2.75, 3.05) is 6.54 Å². The molecule has 2 rings (SSSR count). The minimum absolute atomic E-state index is 0.00337. The van der Waals surface area contributed by atoms with Gasteiger partial charge in [0.25, 0.3) is 0 Å². The van der Waals surface area contributed by atoms with Gasteiger partial charge in [-0.1, -0.05) is 0 Å². The first kappa shape index (κ1) is 23.9. The van der Waals surface area contributed by atoms with Crippen molar-refractivity contribution in [2.45, 2.75) is 62.2 Å². The Morgan fingerprint density at radius 1 is 1.03 bits per heavy atom. The summed E-state index contributed by atoms with van der Waals surface area (Å²) in [5.74, 6) is 0. The Bertz CT molecular complexity index is 835. The van der Waals surface area contributed by atoms with Gasteiger partial charge in [0.1, 0.15) is 0 Å². The van der Waals surface area contributed by atoms with Crippen LogP contribution in [0, 0.1) is 6.92 Å². The Kier molecular flexibility index (Phi) is 10.2. The van der Waals surface area contributed by atoms with Gasteiger partial charge in [0.15, 0.2) is 0 Å². The van der Waals surface area contributed by atoms with E-state index in [1.54, 1.807) is 22.5 Å². The first-order valence-electron chi connectivity index (χ1n) is 10.4. The van der Waals surface area contributed by atoms with Crippen molar-refractivity contribution in [3.8, 4) is 0 Å². The Morgan fingerprint density at radius 2 is 1.72 bits per heavy atom. The third-order valence-corrected chi connectivity index (χ3v) is 9.28. The van der Waals surface area contributed by atoms with Gasteiger partial charge in [0.05, 0.1) is 0 Å². The Labute approximate surface area is 183 Å². The molecule has 0 aliphatic carbocycles. The number of benzene rings is 2. The van der Waals surface area contributed by atoms with Crippen LogP contribution in [-0.4, -0.2) is 40.3 Å². The van der Waals surface area contributed by atoms with E-state index in [1.165, 1.54) is 17.3 Å². The van der Waals surface area contributed by atoms with E-state index in [4.69, 9.17) is 0 Å². The zero-order valence-electron chi connectivity index (χ0n) is 17.6. The number of rotatable bonds is 13. The fraction of sp³-hybridized carbons (Fsp3) is 0.417. The third kappa shape index (κ3) is 7.42. The molecule has 0 radical (unpaired) electrons. The summed E-state index contributed by atoms with van der Waals surface area (Å²) in [6.45, 7) is 8.34. The Hall–Kier alpha value is -1.39. The van der Waals surface area contributed by atoms with Crippen LogP contribution < -0.4 is 4.46 Å². The SMILES string of the molecule is C=CCN(C(CCCCCC)C[Se]c1ccccc1)S(=O)(=O)c1ccc(C)cc1. The molecule has 1 atom stereocenters. The molecule has 0 saturated heterocycles. The topological polar surface area (TPSA) is 37.4 Å². The number of nitrogens with zero attached hydrogens (tertiary/aromatic N) is 1. The zero-order chi connectivity index (χ0) is 21.1. The molecular formula is C24H33NO2SSe. The van der Waals surface area contributed by atoms with E-state index in [-0.39, 0.29) is 21.0 Å². The maximum atomic E-state index is 13.5. The normalized spacial score (nSPS) is 12.8. The molecule has 0 saturated carbocycles. The molecule has 158 valence electrons. The number of sulfonamides is 1. The van der Waals surface area contributed by atoms with Gasteiger partial charge >= 0.3 is 184 Å². The molecule has 0 aromatic heterocycles. The van der Waals surface area contributed by atoms with Crippen LogP contribution in [0.3, 0.4) is 0 Å². The predicted molar refractivity (Wildman–Crippen MR) is 124 cm³/mol. The molecule has 29 heavy (non-hydrogen) atoms. The summed E-state index contributed by atoms with van der Waals surface area (Å²) in [4.78, 5) is 0.371. The second-order valence-electron chi connectivity index (χ2n) is 7.30. The summed E-state index contributed by atoms with van der Waals surface area (Å²) in [6.07, 6.45) is 7.19. The molecule has 1 unspecified atom stereocenters. The average molecular weight is 479 g/mol. The molecule has 0 fully saturated rings. The van der Waals surface area contributed by atoms with Gasteiger partial charge in [-0.15, -0.1) is 0 Å².